The Hall–Kier alpha value is -0.160. The predicted molar refractivity (Wildman–Crippen MR) is 71.7 cm³/mol. The average Bonchev–Trinajstić information content (AvgIpc) is 2.35. The summed E-state index contributed by atoms with van der Waals surface area (Å²) in [7, 11) is 6.13. The van der Waals surface area contributed by atoms with Gasteiger partial charge in [0, 0.05) is 25.3 Å². The second-order valence-electron chi connectivity index (χ2n) is 5.41. The van der Waals surface area contributed by atoms with Crippen molar-refractivity contribution in [2.75, 3.05) is 27.8 Å². The summed E-state index contributed by atoms with van der Waals surface area (Å²) in [5.41, 5.74) is 3.29. The second kappa shape index (κ2) is 7.31. The number of nitrogens with one attached hydrogen (secondary N) is 1. The Morgan fingerprint density at radius 1 is 1.29 bits per heavy atom. The summed E-state index contributed by atoms with van der Waals surface area (Å²) < 4.78 is 5.14. The minimum absolute atomic E-state index is 0.237. The van der Waals surface area contributed by atoms with Gasteiger partial charge in [-0.25, -0.2) is 0 Å². The molecule has 0 aromatic heterocycles. The van der Waals surface area contributed by atoms with Crippen molar-refractivity contribution in [3.63, 3.8) is 0 Å². The Bertz CT molecular complexity index is 203. The number of nitrogens with two attached hydrogens (primary N) is 1. The van der Waals surface area contributed by atoms with Crippen LogP contribution < -0.4 is 11.3 Å². The molecule has 0 aliphatic heterocycles. The molecule has 102 valence electrons. The van der Waals surface area contributed by atoms with Gasteiger partial charge in [0.2, 0.25) is 0 Å². The van der Waals surface area contributed by atoms with Crippen molar-refractivity contribution in [3.05, 3.63) is 0 Å². The molecule has 4 heteroatoms. The van der Waals surface area contributed by atoms with Gasteiger partial charge in [-0.2, -0.15) is 0 Å². The van der Waals surface area contributed by atoms with Crippen LogP contribution in [-0.4, -0.2) is 44.3 Å². The van der Waals surface area contributed by atoms with E-state index in [2.05, 4.69) is 24.4 Å². The maximum atomic E-state index is 5.79. The summed E-state index contributed by atoms with van der Waals surface area (Å²) in [6, 6.07) is 0.368. The highest BCUT2D eigenvalue weighted by Gasteiger charge is 2.40. The van der Waals surface area contributed by atoms with Gasteiger partial charge in [-0.3, -0.25) is 11.3 Å². The van der Waals surface area contributed by atoms with Gasteiger partial charge in [0.05, 0.1) is 0 Å². The Kier molecular flexibility index (Phi) is 6.41. The molecule has 1 saturated carbocycles. The monoisotopic (exact) mass is 243 g/mol. The van der Waals surface area contributed by atoms with E-state index in [0.29, 0.717) is 6.04 Å². The van der Waals surface area contributed by atoms with Gasteiger partial charge in [0.1, 0.15) is 0 Å². The number of hydrogen-bond acceptors (Lipinski definition) is 4. The van der Waals surface area contributed by atoms with Crippen LogP contribution in [0.5, 0.6) is 0 Å². The quantitative estimate of drug-likeness (QED) is 0.404. The van der Waals surface area contributed by atoms with Crippen molar-refractivity contribution in [1.82, 2.24) is 10.3 Å². The lowest BCUT2D eigenvalue weighted by Gasteiger charge is -2.48. The van der Waals surface area contributed by atoms with Gasteiger partial charge in [0.15, 0.2) is 0 Å². The first-order chi connectivity index (χ1) is 8.17. The molecule has 4 nitrogen and oxygen atoms in total. The summed E-state index contributed by atoms with van der Waals surface area (Å²) in [5, 5.41) is 0. The number of ether oxygens (including phenoxy) is 1. The third-order valence-electron chi connectivity index (χ3n) is 4.30. The van der Waals surface area contributed by atoms with Crippen LogP contribution in [0, 0.1) is 0 Å². The maximum absolute atomic E-state index is 5.79. The first kappa shape index (κ1) is 14.9. The predicted octanol–water partition coefficient (Wildman–Crippen LogP) is 1.51. The average molecular weight is 243 g/mol. The van der Waals surface area contributed by atoms with Crippen molar-refractivity contribution in [2.45, 2.75) is 56.5 Å². The molecule has 0 bridgehead atoms. The largest absolute Gasteiger partial charge is 0.385 e. The molecule has 3 N–H and O–H groups in total. The van der Waals surface area contributed by atoms with Crippen LogP contribution in [-0.2, 0) is 4.74 Å². The number of rotatable bonds is 7. The number of nitrogens with zero attached hydrogens (tertiary/aromatic N) is 1. The van der Waals surface area contributed by atoms with E-state index in [1.54, 1.807) is 7.11 Å². The molecule has 1 aliphatic rings. The van der Waals surface area contributed by atoms with Crippen LogP contribution in [0.15, 0.2) is 0 Å². The normalized spacial score (nSPS) is 21.7. The first-order valence-corrected chi connectivity index (χ1v) is 6.80. The summed E-state index contributed by atoms with van der Waals surface area (Å²) in [6.45, 7) is 0.821. The Morgan fingerprint density at radius 3 is 2.41 bits per heavy atom. The van der Waals surface area contributed by atoms with E-state index < -0.39 is 0 Å². The standard InChI is InChI=1S/C13H29N3O/c1-16(2)13(9-5-4-6-10-13)12(15-14)8-7-11-17-3/h12,15H,4-11,14H2,1-3H3. The van der Waals surface area contributed by atoms with E-state index in [-0.39, 0.29) is 5.54 Å². The number of methoxy groups -OCH3 is 1. The minimum Gasteiger partial charge on any atom is -0.385 e. The van der Waals surface area contributed by atoms with Crippen LogP contribution in [0.2, 0.25) is 0 Å². The Morgan fingerprint density at radius 2 is 1.94 bits per heavy atom. The van der Waals surface area contributed by atoms with E-state index in [9.17, 15) is 0 Å². The number of likely N-dealkylation sites (N-methyl/N-ethyl adjacent to an activating group) is 1. The summed E-state index contributed by atoms with van der Waals surface area (Å²) in [5.74, 6) is 5.79. The molecule has 0 saturated heterocycles. The van der Waals surface area contributed by atoms with Gasteiger partial charge in [-0.1, -0.05) is 19.3 Å². The topological polar surface area (TPSA) is 50.5 Å². The highest BCUT2D eigenvalue weighted by atomic mass is 16.5. The van der Waals surface area contributed by atoms with Crippen molar-refractivity contribution in [1.29, 1.82) is 0 Å². The van der Waals surface area contributed by atoms with Crippen LogP contribution in [0.3, 0.4) is 0 Å². The number of hydrazine groups is 1. The van der Waals surface area contributed by atoms with E-state index in [4.69, 9.17) is 10.6 Å². The Balaban J connectivity index is 2.64. The van der Waals surface area contributed by atoms with Crippen molar-refractivity contribution < 1.29 is 4.74 Å². The smallest absolute Gasteiger partial charge is 0.0462 e. The minimum atomic E-state index is 0.237. The molecule has 0 amide bonds. The molecule has 0 radical (unpaired) electrons. The van der Waals surface area contributed by atoms with Crippen LogP contribution in [0.25, 0.3) is 0 Å². The van der Waals surface area contributed by atoms with Gasteiger partial charge < -0.3 is 9.64 Å². The third kappa shape index (κ3) is 3.65. The van der Waals surface area contributed by atoms with Gasteiger partial charge >= 0.3 is 0 Å². The van der Waals surface area contributed by atoms with Gasteiger partial charge in [-0.15, -0.1) is 0 Å². The fraction of sp³-hybridized carbons (Fsp3) is 1.00. The SMILES string of the molecule is COCCCC(NN)C1(N(C)C)CCCCC1. The summed E-state index contributed by atoms with van der Waals surface area (Å²) in [6.07, 6.45) is 8.67. The lowest BCUT2D eigenvalue weighted by Crippen LogP contribution is -2.61. The van der Waals surface area contributed by atoms with Crippen molar-refractivity contribution in [3.8, 4) is 0 Å². The molecule has 0 aromatic carbocycles. The lowest BCUT2D eigenvalue weighted by atomic mass is 9.74. The summed E-state index contributed by atoms with van der Waals surface area (Å²) >= 11 is 0. The first-order valence-electron chi connectivity index (χ1n) is 6.80. The molecule has 0 aromatic rings. The van der Waals surface area contributed by atoms with E-state index in [1.165, 1.54) is 32.1 Å². The molecule has 1 fully saturated rings. The fourth-order valence-electron chi connectivity index (χ4n) is 3.21. The molecule has 1 rings (SSSR count). The van der Waals surface area contributed by atoms with Gasteiger partial charge in [-0.05, 0) is 39.8 Å². The highest BCUT2D eigenvalue weighted by molar-refractivity contribution is 4.99. The molecule has 0 spiro atoms. The van der Waals surface area contributed by atoms with Crippen LogP contribution in [0.4, 0.5) is 0 Å². The van der Waals surface area contributed by atoms with Crippen LogP contribution in [0.1, 0.15) is 44.9 Å². The summed E-state index contributed by atoms with van der Waals surface area (Å²) in [4.78, 5) is 2.38. The highest BCUT2D eigenvalue weighted by Crippen LogP contribution is 2.36. The molecule has 1 aliphatic carbocycles. The second-order valence-corrected chi connectivity index (χ2v) is 5.41. The van der Waals surface area contributed by atoms with Crippen molar-refractivity contribution in [2.24, 2.45) is 5.84 Å². The van der Waals surface area contributed by atoms with Gasteiger partial charge in [0.25, 0.3) is 0 Å². The molecular formula is C13H29N3O. The zero-order chi connectivity index (χ0) is 12.7. The zero-order valence-corrected chi connectivity index (χ0v) is 11.7. The van der Waals surface area contributed by atoms with Crippen molar-refractivity contribution >= 4 is 0 Å². The molecule has 1 unspecified atom stereocenters. The van der Waals surface area contributed by atoms with E-state index in [0.717, 1.165) is 19.4 Å². The zero-order valence-electron chi connectivity index (χ0n) is 11.7. The molecular weight excluding hydrogens is 214 g/mol. The Labute approximate surface area is 106 Å². The van der Waals surface area contributed by atoms with E-state index in [1.807, 2.05) is 0 Å². The lowest BCUT2D eigenvalue weighted by molar-refractivity contribution is 0.0493. The fourth-order valence-corrected chi connectivity index (χ4v) is 3.21. The maximum Gasteiger partial charge on any atom is 0.0462 e. The molecule has 17 heavy (non-hydrogen) atoms. The third-order valence-corrected chi connectivity index (χ3v) is 4.30. The molecule has 0 heterocycles. The van der Waals surface area contributed by atoms with Crippen LogP contribution >= 0.6 is 0 Å². The number of hydrogen-bond donors (Lipinski definition) is 2. The van der Waals surface area contributed by atoms with E-state index >= 15 is 0 Å². The molecule has 1 atom stereocenters.